The third-order valence-electron chi connectivity index (χ3n) is 3.39. The smallest absolute Gasteiger partial charge is 0.292 e. The van der Waals surface area contributed by atoms with Crippen LogP contribution in [0.15, 0.2) is 54.7 Å². The van der Waals surface area contributed by atoms with Crippen molar-refractivity contribution in [3.63, 3.8) is 0 Å². The number of aromatic amines is 1. The molecule has 0 radical (unpaired) electrons. The lowest BCUT2D eigenvalue weighted by Crippen LogP contribution is -2.30. The topological polar surface area (TPSA) is 62.0 Å². The maximum absolute atomic E-state index is 12.3. The number of amides is 1. The maximum atomic E-state index is 12.3. The number of hydrogen-bond acceptors (Lipinski definition) is 2. The summed E-state index contributed by atoms with van der Waals surface area (Å²) in [4.78, 5) is 27.2. The number of Topliss-reactive ketones (excluding diaryl/α,β-unsaturated/α-hetero) is 1. The van der Waals surface area contributed by atoms with E-state index < -0.39 is 11.7 Å². The first kappa shape index (κ1) is 14.4. The summed E-state index contributed by atoms with van der Waals surface area (Å²) in [6, 6.07) is 14.6. The predicted molar refractivity (Wildman–Crippen MR) is 85.9 cm³/mol. The molecule has 110 valence electrons. The summed E-state index contributed by atoms with van der Waals surface area (Å²) < 4.78 is 0. The number of carbonyl (C=O) groups excluding carboxylic acids is 2. The van der Waals surface area contributed by atoms with Gasteiger partial charge in [0.2, 0.25) is 0 Å². The van der Waals surface area contributed by atoms with Crippen molar-refractivity contribution in [1.29, 1.82) is 0 Å². The van der Waals surface area contributed by atoms with Crippen molar-refractivity contribution in [2.45, 2.75) is 6.54 Å². The van der Waals surface area contributed by atoms with Crippen molar-refractivity contribution in [1.82, 2.24) is 10.3 Å². The average molecular weight is 313 g/mol. The second kappa shape index (κ2) is 6.03. The summed E-state index contributed by atoms with van der Waals surface area (Å²) in [5.41, 5.74) is 2.01. The van der Waals surface area contributed by atoms with E-state index in [9.17, 15) is 9.59 Å². The minimum absolute atomic E-state index is 0.319. The first-order valence-corrected chi connectivity index (χ1v) is 7.16. The molecule has 0 aliphatic carbocycles. The molecule has 0 bridgehead atoms. The van der Waals surface area contributed by atoms with E-state index in [1.54, 1.807) is 18.2 Å². The number of hydrogen-bond donors (Lipinski definition) is 2. The molecule has 5 heteroatoms. The van der Waals surface area contributed by atoms with Gasteiger partial charge in [0, 0.05) is 28.7 Å². The van der Waals surface area contributed by atoms with E-state index >= 15 is 0 Å². The molecule has 0 aliphatic heterocycles. The lowest BCUT2D eigenvalue weighted by molar-refractivity contribution is -0.117. The van der Waals surface area contributed by atoms with E-state index in [1.165, 1.54) is 6.20 Å². The van der Waals surface area contributed by atoms with Crippen LogP contribution in [0.5, 0.6) is 0 Å². The fourth-order valence-corrected chi connectivity index (χ4v) is 2.44. The van der Waals surface area contributed by atoms with Gasteiger partial charge in [-0.1, -0.05) is 48.0 Å². The van der Waals surface area contributed by atoms with Gasteiger partial charge >= 0.3 is 0 Å². The van der Waals surface area contributed by atoms with Crippen LogP contribution in [0.1, 0.15) is 15.9 Å². The Morgan fingerprint density at radius 2 is 1.86 bits per heavy atom. The van der Waals surface area contributed by atoms with Crippen LogP contribution in [0.25, 0.3) is 10.9 Å². The molecule has 0 saturated carbocycles. The Bertz CT molecular complexity index is 840. The van der Waals surface area contributed by atoms with Crippen LogP contribution >= 0.6 is 11.6 Å². The molecule has 3 rings (SSSR count). The van der Waals surface area contributed by atoms with Crippen LogP contribution < -0.4 is 5.32 Å². The van der Waals surface area contributed by atoms with E-state index in [1.807, 2.05) is 30.3 Å². The Balaban J connectivity index is 1.76. The molecule has 0 saturated heterocycles. The van der Waals surface area contributed by atoms with Crippen LogP contribution in [0.3, 0.4) is 0 Å². The predicted octanol–water partition coefficient (Wildman–Crippen LogP) is 3.32. The molecule has 4 nitrogen and oxygen atoms in total. The first-order valence-electron chi connectivity index (χ1n) is 6.78. The van der Waals surface area contributed by atoms with Crippen molar-refractivity contribution in [3.05, 3.63) is 70.9 Å². The van der Waals surface area contributed by atoms with E-state index in [0.29, 0.717) is 22.5 Å². The van der Waals surface area contributed by atoms with Crippen LogP contribution in [0.4, 0.5) is 0 Å². The quantitative estimate of drug-likeness (QED) is 0.573. The van der Waals surface area contributed by atoms with Gasteiger partial charge in [-0.3, -0.25) is 9.59 Å². The number of benzene rings is 2. The zero-order chi connectivity index (χ0) is 15.5. The molecule has 1 aromatic heterocycles. The zero-order valence-electron chi connectivity index (χ0n) is 11.6. The molecule has 22 heavy (non-hydrogen) atoms. The largest absolute Gasteiger partial charge is 0.360 e. The monoisotopic (exact) mass is 312 g/mol. The number of nitrogens with one attached hydrogen (secondary N) is 2. The van der Waals surface area contributed by atoms with E-state index in [2.05, 4.69) is 10.3 Å². The number of ketones is 1. The molecule has 2 aromatic carbocycles. The second-order valence-electron chi connectivity index (χ2n) is 4.89. The van der Waals surface area contributed by atoms with E-state index in [4.69, 9.17) is 11.6 Å². The molecule has 0 atom stereocenters. The summed E-state index contributed by atoms with van der Waals surface area (Å²) in [6.45, 7) is 0.319. The molecular formula is C17H13ClN2O2. The zero-order valence-corrected chi connectivity index (χ0v) is 12.4. The van der Waals surface area contributed by atoms with Gasteiger partial charge in [0.1, 0.15) is 0 Å². The van der Waals surface area contributed by atoms with Crippen LogP contribution in [0, 0.1) is 0 Å². The Kier molecular flexibility index (Phi) is 3.94. The summed E-state index contributed by atoms with van der Waals surface area (Å²) in [6.07, 6.45) is 1.53. The van der Waals surface area contributed by atoms with Gasteiger partial charge in [0.15, 0.2) is 0 Å². The minimum atomic E-state index is -0.625. The van der Waals surface area contributed by atoms with Gasteiger partial charge < -0.3 is 10.3 Å². The van der Waals surface area contributed by atoms with Crippen LogP contribution in [-0.4, -0.2) is 16.7 Å². The molecule has 3 aromatic rings. The van der Waals surface area contributed by atoms with Crippen LogP contribution in [0.2, 0.25) is 5.02 Å². The maximum Gasteiger partial charge on any atom is 0.292 e. The van der Waals surface area contributed by atoms with Crippen molar-refractivity contribution < 1.29 is 9.59 Å². The van der Waals surface area contributed by atoms with Gasteiger partial charge in [0.05, 0.1) is 5.56 Å². The Morgan fingerprint density at radius 3 is 2.64 bits per heavy atom. The molecule has 2 N–H and O–H groups in total. The number of fused-ring (bicyclic) bond motifs is 1. The third kappa shape index (κ3) is 2.87. The number of carbonyl (C=O) groups is 2. The molecular weight excluding hydrogens is 300 g/mol. The van der Waals surface area contributed by atoms with Crippen molar-refractivity contribution in [3.8, 4) is 0 Å². The Morgan fingerprint density at radius 1 is 1.09 bits per heavy atom. The lowest BCUT2D eigenvalue weighted by atomic mass is 10.1. The molecule has 0 fully saturated rings. The molecule has 0 spiro atoms. The fraction of sp³-hybridized carbons (Fsp3) is 0.0588. The van der Waals surface area contributed by atoms with Crippen molar-refractivity contribution in [2.75, 3.05) is 0 Å². The second-order valence-corrected chi connectivity index (χ2v) is 5.33. The van der Waals surface area contributed by atoms with Crippen molar-refractivity contribution >= 4 is 34.2 Å². The Labute approximate surface area is 132 Å². The fourth-order valence-electron chi connectivity index (χ4n) is 2.27. The molecule has 1 heterocycles. The summed E-state index contributed by atoms with van der Waals surface area (Å²) in [5, 5.41) is 3.89. The molecule has 0 aliphatic rings. The minimum Gasteiger partial charge on any atom is -0.360 e. The first-order chi connectivity index (χ1) is 10.6. The summed E-state index contributed by atoms with van der Waals surface area (Å²) in [5.74, 6) is -1.19. The number of rotatable bonds is 4. The highest BCUT2D eigenvalue weighted by molar-refractivity contribution is 6.45. The highest BCUT2D eigenvalue weighted by Gasteiger charge is 2.19. The molecule has 1 amide bonds. The van der Waals surface area contributed by atoms with Crippen molar-refractivity contribution in [2.24, 2.45) is 0 Å². The van der Waals surface area contributed by atoms with E-state index in [-0.39, 0.29) is 0 Å². The number of H-pyrrole nitrogens is 1. The van der Waals surface area contributed by atoms with E-state index in [0.717, 1.165) is 11.1 Å². The highest BCUT2D eigenvalue weighted by atomic mass is 35.5. The average Bonchev–Trinajstić information content (AvgIpc) is 2.95. The van der Waals surface area contributed by atoms with Gasteiger partial charge in [-0.25, -0.2) is 0 Å². The Hall–Kier alpha value is -2.59. The summed E-state index contributed by atoms with van der Waals surface area (Å²) in [7, 11) is 0. The summed E-state index contributed by atoms with van der Waals surface area (Å²) >= 11 is 5.90. The highest BCUT2D eigenvalue weighted by Crippen LogP contribution is 2.22. The normalized spacial score (nSPS) is 10.6. The van der Waals surface area contributed by atoms with Gasteiger partial charge in [-0.05, 0) is 17.7 Å². The third-order valence-corrected chi connectivity index (χ3v) is 3.63. The SMILES string of the molecule is O=C(NCc1ccccc1)C(=O)c1c[nH]c2cc(Cl)ccc12. The van der Waals surface area contributed by atoms with Gasteiger partial charge in [-0.15, -0.1) is 0 Å². The lowest BCUT2D eigenvalue weighted by Gasteiger charge is -2.04. The standard InChI is InChI=1S/C17H13ClN2O2/c18-12-6-7-13-14(10-19-15(13)8-12)16(21)17(22)20-9-11-4-2-1-3-5-11/h1-8,10,19H,9H2,(H,20,22). The van der Waals surface area contributed by atoms with Gasteiger partial charge in [-0.2, -0.15) is 0 Å². The van der Waals surface area contributed by atoms with Crippen LogP contribution in [-0.2, 0) is 11.3 Å². The molecule has 0 unspecified atom stereocenters. The number of aromatic nitrogens is 1. The number of halogens is 1. The van der Waals surface area contributed by atoms with Gasteiger partial charge in [0.25, 0.3) is 11.7 Å².